The van der Waals surface area contributed by atoms with Crippen LogP contribution < -0.4 is 5.32 Å². The molecule has 5 nitrogen and oxygen atoms in total. The van der Waals surface area contributed by atoms with E-state index in [9.17, 15) is 4.79 Å². The number of carbonyl (C=O) groups excluding carboxylic acids is 1. The third-order valence-electron chi connectivity index (χ3n) is 2.82. The van der Waals surface area contributed by atoms with Crippen LogP contribution in [-0.2, 0) is 4.79 Å². The Labute approximate surface area is 141 Å². The van der Waals surface area contributed by atoms with Gasteiger partial charge in [-0.25, -0.2) is 0 Å². The number of benzene rings is 1. The Kier molecular flexibility index (Phi) is 5.12. The van der Waals surface area contributed by atoms with Crippen LogP contribution >= 0.6 is 34.9 Å². The highest BCUT2D eigenvalue weighted by Crippen LogP contribution is 2.27. The number of hydrogen-bond donors (Lipinski definition) is 1. The molecule has 2 aromatic rings. The fourth-order valence-electron chi connectivity index (χ4n) is 1.85. The van der Waals surface area contributed by atoms with Gasteiger partial charge in [0.25, 0.3) is 0 Å². The molecule has 1 N–H and O–H groups in total. The van der Waals surface area contributed by atoms with E-state index in [1.807, 2.05) is 25.1 Å². The molecule has 0 saturated heterocycles. The summed E-state index contributed by atoms with van der Waals surface area (Å²) in [5.41, 5.74) is 2.19. The standard InChI is InChI=1S/C14H14N4OS3/c1-9-3-2-4-10(7-9)12-17-18-13(22-12)16-11(19)8-21-14-15-5-6-20-14/h2-4,7H,5-6,8H2,1H3,(H,16,18,19). The van der Waals surface area contributed by atoms with Crippen LogP contribution in [-0.4, -0.2) is 38.5 Å². The van der Waals surface area contributed by atoms with E-state index in [0.29, 0.717) is 10.9 Å². The van der Waals surface area contributed by atoms with Crippen molar-refractivity contribution in [2.24, 2.45) is 4.99 Å². The van der Waals surface area contributed by atoms with Crippen LogP contribution in [0.2, 0.25) is 0 Å². The third-order valence-corrected chi connectivity index (χ3v) is 5.96. The van der Waals surface area contributed by atoms with Crippen molar-refractivity contribution in [2.75, 3.05) is 23.4 Å². The maximum atomic E-state index is 11.9. The number of aryl methyl sites for hydroxylation is 1. The molecule has 22 heavy (non-hydrogen) atoms. The number of nitrogens with one attached hydrogen (secondary N) is 1. The van der Waals surface area contributed by atoms with Crippen molar-refractivity contribution in [1.82, 2.24) is 10.2 Å². The van der Waals surface area contributed by atoms with Crippen molar-refractivity contribution >= 4 is 50.3 Å². The lowest BCUT2D eigenvalue weighted by Gasteiger charge is -2.00. The second-order valence-corrected chi connectivity index (χ2v) is 7.90. The predicted molar refractivity (Wildman–Crippen MR) is 95.9 cm³/mol. The molecular formula is C14H14N4OS3. The SMILES string of the molecule is Cc1cccc(-c2nnc(NC(=O)CSC3=NCCS3)s2)c1. The van der Waals surface area contributed by atoms with Crippen LogP contribution in [0.25, 0.3) is 10.6 Å². The third kappa shape index (κ3) is 4.08. The fraction of sp³-hybridized carbons (Fsp3) is 0.286. The van der Waals surface area contributed by atoms with E-state index in [1.54, 1.807) is 11.8 Å². The Bertz CT molecular complexity index is 714. The number of aromatic nitrogens is 2. The predicted octanol–water partition coefficient (Wildman–Crippen LogP) is 3.29. The van der Waals surface area contributed by atoms with Crippen LogP contribution in [0.15, 0.2) is 29.3 Å². The largest absolute Gasteiger partial charge is 0.300 e. The molecule has 0 saturated carbocycles. The lowest BCUT2D eigenvalue weighted by atomic mass is 10.1. The van der Waals surface area contributed by atoms with Crippen LogP contribution in [0.5, 0.6) is 0 Å². The van der Waals surface area contributed by atoms with Crippen LogP contribution in [0.1, 0.15) is 5.56 Å². The molecule has 1 aromatic heterocycles. The first-order valence-corrected chi connectivity index (χ1v) is 9.50. The average Bonchev–Trinajstić information content (AvgIpc) is 3.16. The van der Waals surface area contributed by atoms with Crippen molar-refractivity contribution < 1.29 is 4.79 Å². The number of thioether (sulfide) groups is 2. The zero-order valence-electron chi connectivity index (χ0n) is 11.9. The van der Waals surface area contributed by atoms with Crippen LogP contribution in [0.4, 0.5) is 5.13 Å². The van der Waals surface area contributed by atoms with Gasteiger partial charge in [0.2, 0.25) is 11.0 Å². The fourth-order valence-corrected chi connectivity index (χ4v) is 4.42. The molecule has 0 radical (unpaired) electrons. The van der Waals surface area contributed by atoms with Gasteiger partial charge in [-0.2, -0.15) is 0 Å². The molecule has 0 fully saturated rings. The molecule has 0 bridgehead atoms. The smallest absolute Gasteiger partial charge is 0.236 e. The highest BCUT2D eigenvalue weighted by atomic mass is 32.2. The van der Waals surface area contributed by atoms with E-state index in [-0.39, 0.29) is 5.91 Å². The van der Waals surface area contributed by atoms with Crippen molar-refractivity contribution in [2.45, 2.75) is 6.92 Å². The molecule has 8 heteroatoms. The topological polar surface area (TPSA) is 67.2 Å². The van der Waals surface area contributed by atoms with Gasteiger partial charge in [0.1, 0.15) is 9.38 Å². The number of anilines is 1. The van der Waals surface area contributed by atoms with E-state index >= 15 is 0 Å². The molecule has 1 aromatic carbocycles. The molecule has 0 unspecified atom stereocenters. The zero-order valence-corrected chi connectivity index (χ0v) is 14.4. The average molecular weight is 350 g/mol. The Morgan fingerprint density at radius 3 is 3.09 bits per heavy atom. The monoisotopic (exact) mass is 350 g/mol. The van der Waals surface area contributed by atoms with Gasteiger partial charge in [-0.05, 0) is 13.0 Å². The van der Waals surface area contributed by atoms with E-state index in [2.05, 4.69) is 26.6 Å². The normalized spacial score (nSPS) is 14.0. The van der Waals surface area contributed by atoms with Gasteiger partial charge in [-0.15, -0.1) is 10.2 Å². The number of aliphatic imine (C=N–C) groups is 1. The van der Waals surface area contributed by atoms with Crippen molar-refractivity contribution in [3.63, 3.8) is 0 Å². The first kappa shape index (κ1) is 15.5. The number of carbonyl (C=O) groups is 1. The Balaban J connectivity index is 1.58. The van der Waals surface area contributed by atoms with Crippen molar-refractivity contribution in [3.8, 4) is 10.6 Å². The minimum atomic E-state index is -0.0767. The molecule has 1 aliphatic rings. The second kappa shape index (κ2) is 7.26. The second-order valence-electron chi connectivity index (χ2n) is 4.61. The highest BCUT2D eigenvalue weighted by molar-refractivity contribution is 8.39. The van der Waals surface area contributed by atoms with Gasteiger partial charge in [0.15, 0.2) is 0 Å². The lowest BCUT2D eigenvalue weighted by molar-refractivity contribution is -0.113. The highest BCUT2D eigenvalue weighted by Gasteiger charge is 2.13. The summed E-state index contributed by atoms with van der Waals surface area (Å²) >= 11 is 4.56. The van der Waals surface area contributed by atoms with Crippen LogP contribution in [0, 0.1) is 6.92 Å². The summed E-state index contributed by atoms with van der Waals surface area (Å²) in [6.07, 6.45) is 0. The molecule has 0 atom stereocenters. The first-order chi connectivity index (χ1) is 10.7. The van der Waals surface area contributed by atoms with Gasteiger partial charge < -0.3 is 0 Å². The maximum absolute atomic E-state index is 11.9. The van der Waals surface area contributed by atoms with E-state index in [4.69, 9.17) is 0 Å². The van der Waals surface area contributed by atoms with Gasteiger partial charge in [-0.3, -0.25) is 15.1 Å². The summed E-state index contributed by atoms with van der Waals surface area (Å²) in [5.74, 6) is 1.29. The molecule has 1 aliphatic heterocycles. The van der Waals surface area contributed by atoms with E-state index in [0.717, 1.165) is 27.2 Å². The van der Waals surface area contributed by atoms with Crippen molar-refractivity contribution in [3.05, 3.63) is 29.8 Å². The van der Waals surface area contributed by atoms with Gasteiger partial charge >= 0.3 is 0 Å². The summed E-state index contributed by atoms with van der Waals surface area (Å²) in [6, 6.07) is 8.07. The van der Waals surface area contributed by atoms with Gasteiger partial charge in [-0.1, -0.05) is 58.6 Å². The van der Waals surface area contributed by atoms with Gasteiger partial charge in [0, 0.05) is 11.3 Å². The molecular weight excluding hydrogens is 336 g/mol. The maximum Gasteiger partial charge on any atom is 0.236 e. The summed E-state index contributed by atoms with van der Waals surface area (Å²) in [4.78, 5) is 16.2. The zero-order chi connectivity index (χ0) is 15.4. The molecule has 114 valence electrons. The minimum absolute atomic E-state index is 0.0767. The van der Waals surface area contributed by atoms with Crippen LogP contribution in [0.3, 0.4) is 0 Å². The molecule has 3 rings (SSSR count). The minimum Gasteiger partial charge on any atom is -0.300 e. The molecule has 0 spiro atoms. The summed E-state index contributed by atoms with van der Waals surface area (Å²) < 4.78 is 0.993. The number of rotatable bonds is 4. The molecule has 1 amide bonds. The van der Waals surface area contributed by atoms with E-state index in [1.165, 1.54) is 28.7 Å². The molecule has 2 heterocycles. The summed E-state index contributed by atoms with van der Waals surface area (Å²) in [5, 5.41) is 12.3. The summed E-state index contributed by atoms with van der Waals surface area (Å²) in [7, 11) is 0. The first-order valence-electron chi connectivity index (χ1n) is 6.71. The van der Waals surface area contributed by atoms with E-state index < -0.39 is 0 Å². The molecule has 0 aliphatic carbocycles. The Morgan fingerprint density at radius 2 is 2.32 bits per heavy atom. The van der Waals surface area contributed by atoms with Gasteiger partial charge in [0.05, 0.1) is 12.3 Å². The quantitative estimate of drug-likeness (QED) is 0.916. The number of amides is 1. The van der Waals surface area contributed by atoms with Crippen molar-refractivity contribution in [1.29, 1.82) is 0 Å². The number of nitrogens with zero attached hydrogens (tertiary/aromatic N) is 3. The Hall–Kier alpha value is -1.38. The Morgan fingerprint density at radius 1 is 1.41 bits per heavy atom. The lowest BCUT2D eigenvalue weighted by Crippen LogP contribution is -2.14. The summed E-state index contributed by atoms with van der Waals surface area (Å²) in [6.45, 7) is 2.89. The number of hydrogen-bond acceptors (Lipinski definition) is 7.